The van der Waals surface area contributed by atoms with Gasteiger partial charge in [-0.1, -0.05) is 20.8 Å². The van der Waals surface area contributed by atoms with Crippen LogP contribution in [0.25, 0.3) is 0 Å². The first kappa shape index (κ1) is 11.4. The molecule has 1 rings (SSSR count). The van der Waals surface area contributed by atoms with E-state index in [1.54, 1.807) is 0 Å². The summed E-state index contributed by atoms with van der Waals surface area (Å²) >= 11 is 5.12. The highest BCUT2D eigenvalue weighted by Gasteiger charge is 2.25. The molecule has 1 heterocycles. The van der Waals surface area contributed by atoms with Crippen molar-refractivity contribution in [3.63, 3.8) is 0 Å². The van der Waals surface area contributed by atoms with Crippen molar-refractivity contribution in [2.24, 2.45) is 0 Å². The molecule has 0 bridgehead atoms. The van der Waals surface area contributed by atoms with E-state index in [9.17, 15) is 5.11 Å². The zero-order chi connectivity index (χ0) is 10.8. The summed E-state index contributed by atoms with van der Waals surface area (Å²) < 4.78 is 2.58. The summed E-state index contributed by atoms with van der Waals surface area (Å²) in [5, 5.41) is 16.2. The fourth-order valence-electron chi connectivity index (χ4n) is 1.34. The summed E-state index contributed by atoms with van der Waals surface area (Å²) in [5.41, 5.74) is -0.345. The number of nitrogens with zero attached hydrogens (tertiary/aromatic N) is 2. The molecule has 2 N–H and O–H groups in total. The molecule has 0 saturated heterocycles. The molecule has 0 unspecified atom stereocenters. The van der Waals surface area contributed by atoms with Gasteiger partial charge in [0.15, 0.2) is 4.77 Å². The molecular weight excluding hydrogens is 198 g/mol. The predicted octanol–water partition coefficient (Wildman–Crippen LogP) is 1.62. The number of nitrogens with one attached hydrogen (secondary N) is 1. The molecule has 5 heteroatoms. The molecule has 0 amide bonds. The van der Waals surface area contributed by atoms with Crippen LogP contribution in [0.4, 0.5) is 0 Å². The van der Waals surface area contributed by atoms with E-state index in [1.165, 1.54) is 0 Å². The van der Waals surface area contributed by atoms with Gasteiger partial charge in [-0.05, 0) is 18.6 Å². The molecule has 4 nitrogen and oxygen atoms in total. The molecule has 1 aromatic heterocycles. The van der Waals surface area contributed by atoms with Gasteiger partial charge in [0.1, 0.15) is 5.82 Å². The molecular formula is C9H17N3OS. The summed E-state index contributed by atoms with van der Waals surface area (Å²) in [7, 11) is 0. The second kappa shape index (κ2) is 4.23. The number of hydrogen-bond donors (Lipinski definition) is 2. The lowest BCUT2D eigenvalue weighted by Crippen LogP contribution is -2.27. The van der Waals surface area contributed by atoms with Crippen molar-refractivity contribution in [2.45, 2.75) is 39.2 Å². The van der Waals surface area contributed by atoms with Gasteiger partial charge in [0, 0.05) is 12.0 Å². The third-order valence-electron chi connectivity index (χ3n) is 2.21. The monoisotopic (exact) mass is 215 g/mol. The highest BCUT2D eigenvalue weighted by atomic mass is 32.1. The first-order chi connectivity index (χ1) is 6.53. The number of aromatic amines is 1. The smallest absolute Gasteiger partial charge is 0.195 e. The number of rotatable bonds is 4. The standard InChI is InChI=1S/C9H17N3OS/c1-4-5-12-7(9(2,3)6-13)10-11-8(12)14/h13H,4-6H2,1-3H3,(H,11,14). The van der Waals surface area contributed by atoms with E-state index in [2.05, 4.69) is 17.1 Å². The molecule has 0 aliphatic heterocycles. The molecule has 0 atom stereocenters. The topological polar surface area (TPSA) is 53.8 Å². The van der Waals surface area contributed by atoms with Crippen LogP contribution in [0.15, 0.2) is 0 Å². The van der Waals surface area contributed by atoms with Gasteiger partial charge in [-0.25, -0.2) is 0 Å². The largest absolute Gasteiger partial charge is 0.395 e. The van der Waals surface area contributed by atoms with Crippen molar-refractivity contribution >= 4 is 12.2 Å². The second-order valence-corrected chi connectivity index (χ2v) is 4.43. The number of aliphatic hydroxyl groups excluding tert-OH is 1. The van der Waals surface area contributed by atoms with Crippen LogP contribution < -0.4 is 0 Å². The van der Waals surface area contributed by atoms with Crippen LogP contribution in [0, 0.1) is 4.77 Å². The third-order valence-corrected chi connectivity index (χ3v) is 2.52. The van der Waals surface area contributed by atoms with E-state index >= 15 is 0 Å². The average molecular weight is 215 g/mol. The lowest BCUT2D eigenvalue weighted by molar-refractivity contribution is 0.207. The minimum Gasteiger partial charge on any atom is -0.395 e. The summed E-state index contributed by atoms with van der Waals surface area (Å²) in [6.45, 7) is 6.89. The Bertz CT molecular complexity index is 353. The third kappa shape index (κ3) is 2.04. The number of H-pyrrole nitrogens is 1. The molecule has 0 spiro atoms. The lowest BCUT2D eigenvalue weighted by atomic mass is 9.94. The summed E-state index contributed by atoms with van der Waals surface area (Å²) in [5.74, 6) is 0.826. The number of aliphatic hydroxyl groups is 1. The van der Waals surface area contributed by atoms with E-state index in [-0.39, 0.29) is 12.0 Å². The fourth-order valence-corrected chi connectivity index (χ4v) is 1.56. The maximum absolute atomic E-state index is 9.25. The minimum absolute atomic E-state index is 0.0658. The molecule has 0 fully saturated rings. The maximum atomic E-state index is 9.25. The minimum atomic E-state index is -0.345. The van der Waals surface area contributed by atoms with Crippen LogP contribution in [0.1, 0.15) is 33.0 Å². The van der Waals surface area contributed by atoms with Crippen LogP contribution in [0.5, 0.6) is 0 Å². The van der Waals surface area contributed by atoms with Gasteiger partial charge in [-0.3, -0.25) is 5.10 Å². The van der Waals surface area contributed by atoms with Crippen LogP contribution in [-0.2, 0) is 12.0 Å². The average Bonchev–Trinajstić information content (AvgIpc) is 2.50. The van der Waals surface area contributed by atoms with Gasteiger partial charge in [0.05, 0.1) is 6.61 Å². The van der Waals surface area contributed by atoms with E-state index in [0.717, 1.165) is 18.8 Å². The lowest BCUT2D eigenvalue weighted by Gasteiger charge is -2.21. The van der Waals surface area contributed by atoms with Gasteiger partial charge < -0.3 is 9.67 Å². The summed E-state index contributed by atoms with van der Waals surface area (Å²) in [6, 6.07) is 0. The Morgan fingerprint density at radius 2 is 2.21 bits per heavy atom. The Morgan fingerprint density at radius 3 is 2.71 bits per heavy atom. The normalized spacial score (nSPS) is 12.0. The second-order valence-electron chi connectivity index (χ2n) is 4.05. The Labute approximate surface area is 89.0 Å². The first-order valence-corrected chi connectivity index (χ1v) is 5.20. The fraction of sp³-hybridized carbons (Fsp3) is 0.778. The molecule has 80 valence electrons. The molecule has 0 aliphatic carbocycles. The van der Waals surface area contributed by atoms with E-state index in [0.29, 0.717) is 4.77 Å². The summed E-state index contributed by atoms with van der Waals surface area (Å²) in [4.78, 5) is 0. The maximum Gasteiger partial charge on any atom is 0.195 e. The van der Waals surface area contributed by atoms with Crippen molar-refractivity contribution in [3.05, 3.63) is 10.6 Å². The molecule has 0 radical (unpaired) electrons. The zero-order valence-electron chi connectivity index (χ0n) is 8.87. The SMILES string of the molecule is CCCn1c(C(C)(C)CO)n[nH]c1=S. The van der Waals surface area contributed by atoms with Gasteiger partial charge in [-0.2, -0.15) is 5.10 Å². The Kier molecular flexibility index (Phi) is 3.44. The van der Waals surface area contributed by atoms with Crippen molar-refractivity contribution < 1.29 is 5.11 Å². The van der Waals surface area contributed by atoms with Crippen molar-refractivity contribution in [3.8, 4) is 0 Å². The van der Waals surface area contributed by atoms with E-state index in [4.69, 9.17) is 12.2 Å². The Hall–Kier alpha value is -0.680. The van der Waals surface area contributed by atoms with E-state index < -0.39 is 0 Å². The highest BCUT2D eigenvalue weighted by Crippen LogP contribution is 2.20. The molecule has 0 aliphatic rings. The summed E-state index contributed by atoms with van der Waals surface area (Å²) in [6.07, 6.45) is 1.00. The van der Waals surface area contributed by atoms with Crippen molar-refractivity contribution in [1.29, 1.82) is 0 Å². The number of aromatic nitrogens is 3. The van der Waals surface area contributed by atoms with Gasteiger partial charge >= 0.3 is 0 Å². The predicted molar refractivity (Wildman–Crippen MR) is 57.8 cm³/mol. The molecule has 14 heavy (non-hydrogen) atoms. The quantitative estimate of drug-likeness (QED) is 0.750. The van der Waals surface area contributed by atoms with Gasteiger partial charge in [-0.15, -0.1) is 0 Å². The van der Waals surface area contributed by atoms with Crippen LogP contribution in [-0.4, -0.2) is 26.5 Å². The molecule has 1 aromatic rings. The number of hydrogen-bond acceptors (Lipinski definition) is 3. The Balaban J connectivity index is 3.15. The highest BCUT2D eigenvalue weighted by molar-refractivity contribution is 7.71. The van der Waals surface area contributed by atoms with Gasteiger partial charge in [0.25, 0.3) is 0 Å². The van der Waals surface area contributed by atoms with Gasteiger partial charge in [0.2, 0.25) is 0 Å². The molecule has 0 aromatic carbocycles. The zero-order valence-corrected chi connectivity index (χ0v) is 9.69. The van der Waals surface area contributed by atoms with Crippen molar-refractivity contribution in [1.82, 2.24) is 14.8 Å². The van der Waals surface area contributed by atoms with Crippen LogP contribution >= 0.6 is 12.2 Å². The van der Waals surface area contributed by atoms with Crippen molar-refractivity contribution in [2.75, 3.05) is 6.61 Å². The van der Waals surface area contributed by atoms with Crippen LogP contribution in [0.3, 0.4) is 0 Å². The Morgan fingerprint density at radius 1 is 1.57 bits per heavy atom. The molecule has 0 saturated carbocycles. The van der Waals surface area contributed by atoms with E-state index in [1.807, 2.05) is 18.4 Å². The first-order valence-electron chi connectivity index (χ1n) is 4.79. The van der Waals surface area contributed by atoms with Crippen LogP contribution in [0.2, 0.25) is 0 Å².